The first kappa shape index (κ1) is 13.5. The molecule has 0 unspecified atom stereocenters. The predicted molar refractivity (Wildman–Crippen MR) is 81.4 cm³/mol. The van der Waals surface area contributed by atoms with Crippen LogP contribution in [0.3, 0.4) is 0 Å². The van der Waals surface area contributed by atoms with Crippen molar-refractivity contribution in [3.05, 3.63) is 34.9 Å². The molecular formula is C17H24ClN. The van der Waals surface area contributed by atoms with Gasteiger partial charge in [0.25, 0.3) is 0 Å². The molecule has 1 saturated heterocycles. The highest BCUT2D eigenvalue weighted by Gasteiger charge is 2.49. The molecule has 2 heteroatoms. The zero-order valence-electron chi connectivity index (χ0n) is 12.2. The summed E-state index contributed by atoms with van der Waals surface area (Å²) in [5, 5.41) is 0.831. The van der Waals surface area contributed by atoms with Crippen LogP contribution in [0.25, 0.3) is 0 Å². The third kappa shape index (κ3) is 2.83. The Morgan fingerprint density at radius 2 is 1.84 bits per heavy atom. The lowest BCUT2D eigenvalue weighted by molar-refractivity contribution is 0.126. The summed E-state index contributed by atoms with van der Waals surface area (Å²) in [6, 6.07) is 9.11. The van der Waals surface area contributed by atoms with Crippen molar-refractivity contribution < 1.29 is 0 Å². The Hall–Kier alpha value is -0.530. The van der Waals surface area contributed by atoms with Crippen LogP contribution in [-0.4, -0.2) is 17.5 Å². The Morgan fingerprint density at radius 3 is 2.53 bits per heavy atom. The summed E-state index contributed by atoms with van der Waals surface area (Å²) < 4.78 is 0. The molecule has 2 aliphatic rings. The second-order valence-electron chi connectivity index (χ2n) is 7.75. The normalized spacial score (nSPS) is 33.6. The molecule has 1 aromatic rings. The summed E-state index contributed by atoms with van der Waals surface area (Å²) in [5.41, 5.74) is 2.42. The van der Waals surface area contributed by atoms with Crippen LogP contribution in [0.4, 0.5) is 0 Å². The Morgan fingerprint density at radius 1 is 1.16 bits per heavy atom. The first-order valence-corrected chi connectivity index (χ1v) is 7.72. The second-order valence-corrected chi connectivity index (χ2v) is 8.18. The van der Waals surface area contributed by atoms with E-state index >= 15 is 0 Å². The monoisotopic (exact) mass is 277 g/mol. The lowest BCUT2D eigenvalue weighted by Gasteiger charge is -2.40. The van der Waals surface area contributed by atoms with Gasteiger partial charge in [0.15, 0.2) is 0 Å². The van der Waals surface area contributed by atoms with E-state index in [-0.39, 0.29) is 0 Å². The van der Waals surface area contributed by atoms with Crippen molar-refractivity contribution in [3.63, 3.8) is 0 Å². The molecule has 1 heterocycles. The number of fused-ring (bicyclic) bond motifs is 2. The topological polar surface area (TPSA) is 3.24 Å². The molecule has 1 aromatic carbocycles. The van der Waals surface area contributed by atoms with Crippen molar-refractivity contribution in [3.8, 4) is 0 Å². The smallest absolute Gasteiger partial charge is 0.0406 e. The third-order valence-electron chi connectivity index (χ3n) is 4.82. The maximum absolute atomic E-state index is 5.96. The molecule has 0 radical (unpaired) electrons. The van der Waals surface area contributed by atoms with Crippen LogP contribution < -0.4 is 0 Å². The molecule has 2 atom stereocenters. The van der Waals surface area contributed by atoms with Gasteiger partial charge in [0.1, 0.15) is 0 Å². The quantitative estimate of drug-likeness (QED) is 0.755. The second kappa shape index (κ2) is 4.49. The van der Waals surface area contributed by atoms with Gasteiger partial charge in [-0.1, -0.05) is 44.5 Å². The van der Waals surface area contributed by atoms with Crippen LogP contribution in [0.15, 0.2) is 24.3 Å². The minimum atomic E-state index is 0.506. The van der Waals surface area contributed by atoms with E-state index in [1.54, 1.807) is 0 Å². The number of rotatable bonds is 2. The highest BCUT2D eigenvalue weighted by atomic mass is 35.5. The van der Waals surface area contributed by atoms with Crippen molar-refractivity contribution in [1.29, 1.82) is 0 Å². The van der Waals surface area contributed by atoms with Gasteiger partial charge in [-0.15, -0.1) is 0 Å². The van der Waals surface area contributed by atoms with Gasteiger partial charge in [-0.25, -0.2) is 0 Å². The van der Waals surface area contributed by atoms with E-state index in [4.69, 9.17) is 11.6 Å². The third-order valence-corrected chi connectivity index (χ3v) is 5.07. The minimum Gasteiger partial charge on any atom is -0.296 e. The number of hydrogen-bond donors (Lipinski definition) is 0. The Kier molecular flexibility index (Phi) is 3.18. The van der Waals surface area contributed by atoms with Gasteiger partial charge < -0.3 is 0 Å². The largest absolute Gasteiger partial charge is 0.296 e. The number of nitrogens with zero attached hydrogens (tertiary/aromatic N) is 1. The Bertz CT molecular complexity index is 465. The number of likely N-dealkylation sites (tertiary alicyclic amines) is 1. The van der Waals surface area contributed by atoms with E-state index in [1.165, 1.54) is 31.4 Å². The molecule has 104 valence electrons. The van der Waals surface area contributed by atoms with Crippen LogP contribution in [0.1, 0.15) is 45.6 Å². The van der Waals surface area contributed by atoms with Crippen LogP contribution in [-0.2, 0) is 6.54 Å². The molecule has 1 nitrogen and oxygen atoms in total. The van der Waals surface area contributed by atoms with Gasteiger partial charge in [0, 0.05) is 24.2 Å². The van der Waals surface area contributed by atoms with Crippen LogP contribution in [0, 0.1) is 10.8 Å². The van der Waals surface area contributed by atoms with E-state index in [9.17, 15) is 0 Å². The fourth-order valence-corrected chi connectivity index (χ4v) is 4.71. The van der Waals surface area contributed by atoms with Crippen molar-refractivity contribution in [2.45, 2.75) is 52.6 Å². The zero-order chi connectivity index (χ0) is 13.7. The van der Waals surface area contributed by atoms with Crippen molar-refractivity contribution in [2.75, 3.05) is 6.54 Å². The molecule has 1 saturated carbocycles. The SMILES string of the molecule is CC1(C)C[C@@H]2C[C@@](C)(CN2Cc2ccc(Cl)cc2)C1. The van der Waals surface area contributed by atoms with Crippen LogP contribution >= 0.6 is 11.6 Å². The first-order valence-electron chi connectivity index (χ1n) is 7.34. The first-order chi connectivity index (χ1) is 8.85. The number of hydrogen-bond acceptors (Lipinski definition) is 1. The van der Waals surface area contributed by atoms with Gasteiger partial charge in [-0.3, -0.25) is 4.90 Å². The number of benzene rings is 1. The zero-order valence-corrected chi connectivity index (χ0v) is 13.0. The molecule has 0 amide bonds. The van der Waals surface area contributed by atoms with E-state index in [0.29, 0.717) is 10.8 Å². The van der Waals surface area contributed by atoms with E-state index in [2.05, 4.69) is 37.8 Å². The van der Waals surface area contributed by atoms with Gasteiger partial charge in [0.2, 0.25) is 0 Å². The fourth-order valence-electron chi connectivity index (χ4n) is 4.59. The average molecular weight is 278 g/mol. The predicted octanol–water partition coefficient (Wildman–Crippen LogP) is 4.74. The summed E-state index contributed by atoms with van der Waals surface area (Å²) >= 11 is 5.96. The fraction of sp³-hybridized carbons (Fsp3) is 0.647. The molecule has 19 heavy (non-hydrogen) atoms. The van der Waals surface area contributed by atoms with Gasteiger partial charge >= 0.3 is 0 Å². The van der Waals surface area contributed by atoms with E-state index < -0.39 is 0 Å². The van der Waals surface area contributed by atoms with Crippen LogP contribution in [0.2, 0.25) is 5.02 Å². The maximum Gasteiger partial charge on any atom is 0.0406 e. The molecule has 1 aliphatic heterocycles. The number of halogens is 1. The molecule has 0 N–H and O–H groups in total. The van der Waals surface area contributed by atoms with Crippen molar-refractivity contribution >= 4 is 11.6 Å². The van der Waals surface area contributed by atoms with Crippen molar-refractivity contribution in [2.24, 2.45) is 10.8 Å². The minimum absolute atomic E-state index is 0.506. The summed E-state index contributed by atoms with van der Waals surface area (Å²) in [6.07, 6.45) is 4.09. The lowest BCUT2D eigenvalue weighted by atomic mass is 9.65. The molecular weight excluding hydrogens is 254 g/mol. The molecule has 0 spiro atoms. The summed E-state index contributed by atoms with van der Waals surface area (Å²) in [7, 11) is 0. The summed E-state index contributed by atoms with van der Waals surface area (Å²) in [5.74, 6) is 0. The Balaban J connectivity index is 1.75. The molecule has 2 bridgehead atoms. The van der Waals surface area contributed by atoms with E-state index in [1.807, 2.05) is 12.1 Å². The Labute approximate surface area is 121 Å². The maximum atomic E-state index is 5.96. The van der Waals surface area contributed by atoms with Crippen molar-refractivity contribution in [1.82, 2.24) is 4.90 Å². The summed E-state index contributed by atoms with van der Waals surface area (Å²) in [4.78, 5) is 2.69. The van der Waals surface area contributed by atoms with Crippen LogP contribution in [0.5, 0.6) is 0 Å². The molecule has 3 rings (SSSR count). The highest BCUT2D eigenvalue weighted by molar-refractivity contribution is 6.30. The average Bonchev–Trinajstić information content (AvgIpc) is 2.51. The van der Waals surface area contributed by atoms with Gasteiger partial charge in [0.05, 0.1) is 0 Å². The lowest BCUT2D eigenvalue weighted by Crippen LogP contribution is -2.34. The molecule has 1 aliphatic carbocycles. The van der Waals surface area contributed by atoms with Gasteiger partial charge in [-0.05, 0) is 47.8 Å². The summed E-state index contributed by atoms with van der Waals surface area (Å²) in [6.45, 7) is 9.67. The standard InChI is InChI=1S/C17H24ClN/c1-16(2)8-15-9-17(3,11-16)12-19(15)10-13-4-6-14(18)7-5-13/h4-7,15H,8-12H2,1-3H3/t15-,17-/m1/s1. The molecule has 0 aromatic heterocycles. The van der Waals surface area contributed by atoms with E-state index in [0.717, 1.165) is 17.6 Å². The highest BCUT2D eigenvalue weighted by Crippen LogP contribution is 2.52. The molecule has 2 fully saturated rings. The van der Waals surface area contributed by atoms with Gasteiger partial charge in [-0.2, -0.15) is 0 Å².